The monoisotopic (exact) mass is 408 g/mol. The molecule has 1 amide bonds. The predicted octanol–water partition coefficient (Wildman–Crippen LogP) is 3.48. The Kier molecular flexibility index (Phi) is 5.02. The Morgan fingerprint density at radius 1 is 1.17 bits per heavy atom. The number of halogens is 3. The number of amides is 1. The van der Waals surface area contributed by atoms with Gasteiger partial charge in [-0.3, -0.25) is 4.90 Å². The van der Waals surface area contributed by atoms with E-state index in [1.807, 2.05) is 24.3 Å². The van der Waals surface area contributed by atoms with E-state index in [4.69, 9.17) is 4.74 Å². The second kappa shape index (κ2) is 7.37. The van der Waals surface area contributed by atoms with Crippen LogP contribution in [0, 0.1) is 5.41 Å². The first kappa shape index (κ1) is 19.8. The molecule has 2 aliphatic rings. The van der Waals surface area contributed by atoms with Gasteiger partial charge >= 0.3 is 12.2 Å². The van der Waals surface area contributed by atoms with E-state index in [1.54, 1.807) is 12.0 Å². The van der Waals surface area contributed by atoms with Crippen LogP contribution in [0.4, 0.5) is 18.0 Å². The molecule has 1 unspecified atom stereocenters. The molecule has 2 fully saturated rings. The summed E-state index contributed by atoms with van der Waals surface area (Å²) in [6, 6.07) is 7.48. The lowest BCUT2D eigenvalue weighted by Crippen LogP contribution is -2.36. The molecular formula is C20H23F3N4O2. The highest BCUT2D eigenvalue weighted by Crippen LogP contribution is 2.40. The third-order valence-electron chi connectivity index (χ3n) is 5.90. The molecule has 0 bridgehead atoms. The Bertz CT molecular complexity index is 881. The number of methoxy groups -OCH3 is 1. The maximum atomic E-state index is 12.8. The van der Waals surface area contributed by atoms with Crippen molar-refractivity contribution >= 4 is 6.03 Å². The van der Waals surface area contributed by atoms with E-state index >= 15 is 0 Å². The van der Waals surface area contributed by atoms with Gasteiger partial charge in [0.05, 0.1) is 18.9 Å². The molecule has 2 saturated heterocycles. The minimum absolute atomic E-state index is 0.00212. The van der Waals surface area contributed by atoms with Crippen molar-refractivity contribution in [2.75, 3.05) is 33.3 Å². The Morgan fingerprint density at radius 3 is 2.55 bits per heavy atom. The van der Waals surface area contributed by atoms with Gasteiger partial charge in [0.15, 0.2) is 0 Å². The van der Waals surface area contributed by atoms with Gasteiger partial charge in [-0.25, -0.2) is 4.79 Å². The van der Waals surface area contributed by atoms with Crippen molar-refractivity contribution in [3.63, 3.8) is 0 Å². The van der Waals surface area contributed by atoms with E-state index in [2.05, 4.69) is 10.00 Å². The van der Waals surface area contributed by atoms with Crippen LogP contribution in [0.2, 0.25) is 0 Å². The Balaban J connectivity index is 1.36. The van der Waals surface area contributed by atoms with Crippen LogP contribution in [-0.4, -0.2) is 58.9 Å². The average molecular weight is 408 g/mol. The molecule has 1 spiro atoms. The van der Waals surface area contributed by atoms with E-state index in [9.17, 15) is 18.0 Å². The second-order valence-corrected chi connectivity index (χ2v) is 7.93. The SMILES string of the molecule is COc1ccc(CN2CCC3(CCN(C(=O)n4cc(C(F)(F)F)cn4)C3)C2)cc1. The molecule has 2 aromatic rings. The third kappa shape index (κ3) is 4.10. The van der Waals surface area contributed by atoms with Crippen LogP contribution in [-0.2, 0) is 12.7 Å². The summed E-state index contributed by atoms with van der Waals surface area (Å²) < 4.78 is 44.3. The molecule has 3 heterocycles. The quantitative estimate of drug-likeness (QED) is 0.781. The summed E-state index contributed by atoms with van der Waals surface area (Å²) in [6.45, 7) is 3.72. The number of alkyl halides is 3. The van der Waals surface area contributed by atoms with Crippen molar-refractivity contribution in [2.45, 2.75) is 25.6 Å². The Hall–Kier alpha value is -2.55. The summed E-state index contributed by atoms with van der Waals surface area (Å²) >= 11 is 0. The van der Waals surface area contributed by atoms with Gasteiger partial charge in [0.1, 0.15) is 5.75 Å². The number of hydrogen-bond donors (Lipinski definition) is 0. The minimum Gasteiger partial charge on any atom is -0.497 e. The molecule has 1 aromatic heterocycles. The van der Waals surface area contributed by atoms with Crippen molar-refractivity contribution in [3.8, 4) is 5.75 Å². The lowest BCUT2D eigenvalue weighted by molar-refractivity contribution is -0.137. The number of likely N-dealkylation sites (tertiary alicyclic amines) is 2. The van der Waals surface area contributed by atoms with Crippen LogP contribution in [0.5, 0.6) is 5.75 Å². The van der Waals surface area contributed by atoms with Gasteiger partial charge < -0.3 is 9.64 Å². The Morgan fingerprint density at radius 2 is 1.90 bits per heavy atom. The molecule has 2 aliphatic heterocycles. The van der Waals surface area contributed by atoms with Crippen molar-refractivity contribution in [1.29, 1.82) is 0 Å². The third-order valence-corrected chi connectivity index (χ3v) is 5.90. The lowest BCUT2D eigenvalue weighted by atomic mass is 9.86. The van der Waals surface area contributed by atoms with E-state index in [1.165, 1.54) is 5.56 Å². The normalized spacial score (nSPS) is 22.6. The standard InChI is InChI=1S/C20H23F3N4O2/c1-29-17-4-2-15(3-5-17)11-25-8-6-19(13-25)7-9-26(14-19)18(28)27-12-16(10-24-27)20(21,22)23/h2-5,10,12H,6-9,11,13-14H2,1H3. The number of carbonyl (C=O) groups excluding carboxylic acids is 1. The molecule has 9 heteroatoms. The maximum Gasteiger partial charge on any atom is 0.419 e. The lowest BCUT2D eigenvalue weighted by Gasteiger charge is -2.24. The fourth-order valence-corrected chi connectivity index (χ4v) is 4.30. The van der Waals surface area contributed by atoms with Gasteiger partial charge in [0, 0.05) is 37.8 Å². The van der Waals surface area contributed by atoms with Crippen molar-refractivity contribution in [3.05, 3.63) is 47.8 Å². The minimum atomic E-state index is -4.50. The highest BCUT2D eigenvalue weighted by molar-refractivity contribution is 5.76. The summed E-state index contributed by atoms with van der Waals surface area (Å²) in [5.74, 6) is 0.823. The maximum absolute atomic E-state index is 12.8. The number of benzene rings is 1. The van der Waals surface area contributed by atoms with Crippen LogP contribution in [0.25, 0.3) is 0 Å². The fraction of sp³-hybridized carbons (Fsp3) is 0.500. The summed E-state index contributed by atoms with van der Waals surface area (Å²) in [5.41, 5.74) is 0.290. The number of ether oxygens (including phenoxy) is 1. The van der Waals surface area contributed by atoms with Gasteiger partial charge in [-0.1, -0.05) is 12.1 Å². The molecule has 6 nitrogen and oxygen atoms in total. The summed E-state index contributed by atoms with van der Waals surface area (Å²) in [5, 5.41) is 3.61. The molecule has 29 heavy (non-hydrogen) atoms. The van der Waals surface area contributed by atoms with Gasteiger partial charge in [-0.15, -0.1) is 0 Å². The summed E-state index contributed by atoms with van der Waals surface area (Å²) in [7, 11) is 1.64. The van der Waals surface area contributed by atoms with Crippen LogP contribution in [0.1, 0.15) is 24.0 Å². The van der Waals surface area contributed by atoms with Crippen molar-refractivity contribution < 1.29 is 22.7 Å². The fourth-order valence-electron chi connectivity index (χ4n) is 4.30. The number of nitrogens with zero attached hydrogens (tertiary/aromatic N) is 4. The molecule has 1 aromatic carbocycles. The first-order chi connectivity index (χ1) is 13.8. The molecular weight excluding hydrogens is 385 g/mol. The van der Waals surface area contributed by atoms with E-state index in [0.29, 0.717) is 19.3 Å². The Labute approximate surface area is 166 Å². The zero-order chi connectivity index (χ0) is 20.6. The second-order valence-electron chi connectivity index (χ2n) is 7.93. The molecule has 0 radical (unpaired) electrons. The first-order valence-electron chi connectivity index (χ1n) is 9.54. The summed E-state index contributed by atoms with van der Waals surface area (Å²) in [6.07, 6.45) is -1.23. The molecule has 4 rings (SSSR count). The number of hydrogen-bond acceptors (Lipinski definition) is 4. The molecule has 156 valence electrons. The summed E-state index contributed by atoms with van der Waals surface area (Å²) in [4.78, 5) is 16.6. The highest BCUT2D eigenvalue weighted by atomic mass is 19.4. The zero-order valence-electron chi connectivity index (χ0n) is 16.2. The molecule has 0 aliphatic carbocycles. The van der Waals surface area contributed by atoms with Crippen LogP contribution in [0.15, 0.2) is 36.7 Å². The van der Waals surface area contributed by atoms with Crippen LogP contribution < -0.4 is 4.74 Å². The topological polar surface area (TPSA) is 50.6 Å². The first-order valence-corrected chi connectivity index (χ1v) is 9.54. The predicted molar refractivity (Wildman–Crippen MR) is 99.5 cm³/mol. The van der Waals surface area contributed by atoms with Gasteiger partial charge in [0.2, 0.25) is 0 Å². The molecule has 0 saturated carbocycles. The molecule has 0 N–H and O–H groups in total. The zero-order valence-corrected chi connectivity index (χ0v) is 16.2. The largest absolute Gasteiger partial charge is 0.497 e. The van der Waals surface area contributed by atoms with Gasteiger partial charge in [-0.05, 0) is 37.1 Å². The van der Waals surface area contributed by atoms with Crippen LogP contribution in [0.3, 0.4) is 0 Å². The highest BCUT2D eigenvalue weighted by Gasteiger charge is 2.45. The number of aromatic nitrogens is 2. The van der Waals surface area contributed by atoms with Crippen molar-refractivity contribution in [2.24, 2.45) is 5.41 Å². The number of rotatable bonds is 3. The van der Waals surface area contributed by atoms with Gasteiger partial charge in [0.25, 0.3) is 0 Å². The average Bonchev–Trinajstić information content (AvgIpc) is 3.42. The smallest absolute Gasteiger partial charge is 0.419 e. The number of carbonyl (C=O) groups is 1. The van der Waals surface area contributed by atoms with Gasteiger partial charge in [-0.2, -0.15) is 23.0 Å². The van der Waals surface area contributed by atoms with E-state index in [0.717, 1.165) is 49.1 Å². The van der Waals surface area contributed by atoms with E-state index < -0.39 is 17.8 Å². The van der Waals surface area contributed by atoms with E-state index in [-0.39, 0.29) is 5.41 Å². The van der Waals surface area contributed by atoms with Crippen LogP contribution >= 0.6 is 0 Å². The molecule has 1 atom stereocenters. The van der Waals surface area contributed by atoms with Crippen molar-refractivity contribution in [1.82, 2.24) is 19.6 Å².